The lowest BCUT2D eigenvalue weighted by Crippen LogP contribution is -2.35. The minimum Gasteiger partial charge on any atom is -0.484 e. The van der Waals surface area contributed by atoms with Gasteiger partial charge in [-0.2, -0.15) is 5.10 Å². The van der Waals surface area contributed by atoms with E-state index in [4.69, 9.17) is 9.47 Å². The average Bonchev–Trinajstić information content (AvgIpc) is 3.36. The van der Waals surface area contributed by atoms with Crippen molar-refractivity contribution >= 4 is 29.6 Å². The molecule has 1 saturated heterocycles. The molecule has 3 rings (SSSR count). The molecular weight excluding hydrogens is 436 g/mol. The third kappa shape index (κ3) is 8.00. The standard InChI is InChI=1S/C25H30N4O5/c1-17(2)19-7-9-20(10-8-19)28-24(31)25(32)29-27-14-18-5-11-21(12-6-18)34-16-23(30)26-15-22-4-3-13-33-22/h5-12,14,17,22H,3-4,13,15-16H2,1-2H3,(H,26,30)(H,28,31)(H,29,32)/b27-14-/t22-/m1/s1. The smallest absolute Gasteiger partial charge is 0.329 e. The molecule has 1 aliphatic heterocycles. The van der Waals surface area contributed by atoms with Crippen LogP contribution >= 0.6 is 0 Å². The van der Waals surface area contributed by atoms with E-state index in [1.807, 2.05) is 12.1 Å². The predicted molar refractivity (Wildman–Crippen MR) is 129 cm³/mol. The molecule has 0 aliphatic carbocycles. The molecule has 0 aromatic heterocycles. The molecule has 0 bridgehead atoms. The summed E-state index contributed by atoms with van der Waals surface area (Å²) in [6, 6.07) is 14.1. The zero-order valence-corrected chi connectivity index (χ0v) is 19.4. The highest BCUT2D eigenvalue weighted by atomic mass is 16.5. The second-order valence-corrected chi connectivity index (χ2v) is 8.23. The lowest BCUT2D eigenvalue weighted by molar-refractivity contribution is -0.136. The molecule has 9 heteroatoms. The Morgan fingerprint density at radius 3 is 2.47 bits per heavy atom. The highest BCUT2D eigenvalue weighted by Crippen LogP contribution is 2.17. The first kappa shape index (κ1) is 24.9. The van der Waals surface area contributed by atoms with Gasteiger partial charge in [0, 0.05) is 18.8 Å². The summed E-state index contributed by atoms with van der Waals surface area (Å²) in [7, 11) is 0. The van der Waals surface area contributed by atoms with Gasteiger partial charge >= 0.3 is 11.8 Å². The molecule has 0 unspecified atom stereocenters. The minimum absolute atomic E-state index is 0.0883. The van der Waals surface area contributed by atoms with Crippen LogP contribution in [0, 0.1) is 0 Å². The van der Waals surface area contributed by atoms with E-state index in [1.165, 1.54) is 6.21 Å². The van der Waals surface area contributed by atoms with Gasteiger partial charge in [0.05, 0.1) is 12.3 Å². The molecule has 3 N–H and O–H groups in total. The van der Waals surface area contributed by atoms with Crippen molar-refractivity contribution in [1.82, 2.24) is 10.7 Å². The zero-order chi connectivity index (χ0) is 24.3. The van der Waals surface area contributed by atoms with E-state index in [9.17, 15) is 14.4 Å². The van der Waals surface area contributed by atoms with Gasteiger partial charge < -0.3 is 20.1 Å². The Hall–Kier alpha value is -3.72. The van der Waals surface area contributed by atoms with Crippen molar-refractivity contribution in [2.45, 2.75) is 38.7 Å². The van der Waals surface area contributed by atoms with Crippen molar-refractivity contribution in [3.8, 4) is 5.75 Å². The van der Waals surface area contributed by atoms with Gasteiger partial charge in [0.2, 0.25) is 0 Å². The highest BCUT2D eigenvalue weighted by Gasteiger charge is 2.16. The molecule has 1 heterocycles. The second kappa shape index (κ2) is 12.5. The molecule has 2 aromatic carbocycles. The van der Waals surface area contributed by atoms with Gasteiger partial charge in [-0.3, -0.25) is 14.4 Å². The molecule has 1 fully saturated rings. The van der Waals surface area contributed by atoms with E-state index in [1.54, 1.807) is 36.4 Å². The maximum Gasteiger partial charge on any atom is 0.329 e. The van der Waals surface area contributed by atoms with Gasteiger partial charge in [0.1, 0.15) is 5.75 Å². The third-order valence-electron chi connectivity index (χ3n) is 5.22. The van der Waals surface area contributed by atoms with Gasteiger partial charge in [0.15, 0.2) is 6.61 Å². The summed E-state index contributed by atoms with van der Waals surface area (Å²) in [5.74, 6) is -0.993. The van der Waals surface area contributed by atoms with E-state index in [0.717, 1.165) is 25.0 Å². The summed E-state index contributed by atoms with van der Waals surface area (Å²) in [6.07, 6.45) is 3.48. The molecular formula is C25H30N4O5. The number of amides is 3. The largest absolute Gasteiger partial charge is 0.484 e. The monoisotopic (exact) mass is 466 g/mol. The fourth-order valence-corrected chi connectivity index (χ4v) is 3.24. The predicted octanol–water partition coefficient (Wildman–Crippen LogP) is 2.57. The number of nitrogens with zero attached hydrogens (tertiary/aromatic N) is 1. The number of hydrogen-bond acceptors (Lipinski definition) is 6. The maximum absolute atomic E-state index is 12.0. The number of hydrazone groups is 1. The Bertz CT molecular complexity index is 997. The van der Waals surface area contributed by atoms with Crippen molar-refractivity contribution in [1.29, 1.82) is 0 Å². The summed E-state index contributed by atoms with van der Waals surface area (Å²) < 4.78 is 10.9. The van der Waals surface area contributed by atoms with E-state index >= 15 is 0 Å². The quantitative estimate of drug-likeness (QED) is 0.298. The number of nitrogens with one attached hydrogen (secondary N) is 3. The molecule has 9 nitrogen and oxygen atoms in total. The van der Waals surface area contributed by atoms with Gasteiger partial charge in [-0.05, 0) is 66.3 Å². The van der Waals surface area contributed by atoms with Crippen LogP contribution in [0.25, 0.3) is 0 Å². The summed E-state index contributed by atoms with van der Waals surface area (Å²) in [6.45, 7) is 5.30. The number of hydrogen-bond donors (Lipinski definition) is 3. The third-order valence-corrected chi connectivity index (χ3v) is 5.22. The van der Waals surface area contributed by atoms with Crippen LogP contribution in [0.2, 0.25) is 0 Å². The van der Waals surface area contributed by atoms with E-state index in [0.29, 0.717) is 29.5 Å². The van der Waals surface area contributed by atoms with Crippen molar-refractivity contribution in [3.63, 3.8) is 0 Å². The van der Waals surface area contributed by atoms with Gasteiger partial charge in [-0.1, -0.05) is 26.0 Å². The summed E-state index contributed by atoms with van der Waals surface area (Å²) in [5.41, 5.74) is 4.55. The van der Waals surface area contributed by atoms with Crippen LogP contribution in [0.5, 0.6) is 5.75 Å². The van der Waals surface area contributed by atoms with Crippen LogP contribution in [0.1, 0.15) is 43.7 Å². The number of carbonyl (C=O) groups excluding carboxylic acids is 3. The molecule has 180 valence electrons. The van der Waals surface area contributed by atoms with E-state index < -0.39 is 11.8 Å². The van der Waals surface area contributed by atoms with Crippen molar-refractivity contribution in [3.05, 3.63) is 59.7 Å². The molecule has 34 heavy (non-hydrogen) atoms. The zero-order valence-electron chi connectivity index (χ0n) is 19.4. The Balaban J connectivity index is 1.38. The number of rotatable bonds is 9. The normalized spacial score (nSPS) is 15.3. The number of anilines is 1. The average molecular weight is 467 g/mol. The number of benzene rings is 2. The second-order valence-electron chi connectivity index (χ2n) is 8.23. The first-order valence-electron chi connectivity index (χ1n) is 11.3. The Morgan fingerprint density at radius 1 is 1.09 bits per heavy atom. The lowest BCUT2D eigenvalue weighted by atomic mass is 10.0. The Morgan fingerprint density at radius 2 is 1.82 bits per heavy atom. The van der Waals surface area contributed by atoms with Crippen molar-refractivity contribution < 1.29 is 23.9 Å². The van der Waals surface area contributed by atoms with Crippen LogP contribution in [0.15, 0.2) is 53.6 Å². The Labute approximate surface area is 198 Å². The number of carbonyl (C=O) groups is 3. The topological polar surface area (TPSA) is 118 Å². The van der Waals surface area contributed by atoms with Crippen LogP contribution < -0.4 is 20.8 Å². The fourth-order valence-electron chi connectivity index (χ4n) is 3.24. The van der Waals surface area contributed by atoms with Gasteiger partial charge in [-0.25, -0.2) is 5.43 Å². The highest BCUT2D eigenvalue weighted by molar-refractivity contribution is 6.39. The SMILES string of the molecule is CC(C)c1ccc(NC(=O)C(=O)N/N=C\c2ccc(OCC(=O)NC[C@H]3CCCO3)cc2)cc1. The van der Waals surface area contributed by atoms with E-state index in [-0.39, 0.29) is 18.6 Å². The minimum atomic E-state index is -0.877. The van der Waals surface area contributed by atoms with Crippen LogP contribution in [-0.2, 0) is 19.1 Å². The first-order valence-corrected chi connectivity index (χ1v) is 11.3. The van der Waals surface area contributed by atoms with Crippen molar-refractivity contribution in [2.24, 2.45) is 5.10 Å². The van der Waals surface area contributed by atoms with Crippen molar-refractivity contribution in [2.75, 3.05) is 25.1 Å². The molecule has 0 radical (unpaired) electrons. The lowest BCUT2D eigenvalue weighted by Gasteiger charge is -2.11. The maximum atomic E-state index is 12.0. The molecule has 1 atom stereocenters. The number of ether oxygens (including phenoxy) is 2. The molecule has 2 aromatic rings. The molecule has 1 aliphatic rings. The summed E-state index contributed by atoms with van der Waals surface area (Å²) in [5, 5.41) is 9.13. The first-order chi connectivity index (χ1) is 16.4. The summed E-state index contributed by atoms with van der Waals surface area (Å²) >= 11 is 0. The molecule has 3 amide bonds. The fraction of sp³-hybridized carbons (Fsp3) is 0.360. The molecule has 0 spiro atoms. The van der Waals surface area contributed by atoms with Gasteiger partial charge in [-0.15, -0.1) is 0 Å². The summed E-state index contributed by atoms with van der Waals surface area (Å²) in [4.78, 5) is 35.8. The molecule has 0 saturated carbocycles. The Kier molecular flexibility index (Phi) is 9.16. The van der Waals surface area contributed by atoms with Crippen LogP contribution in [0.4, 0.5) is 5.69 Å². The van der Waals surface area contributed by atoms with Crippen LogP contribution in [0.3, 0.4) is 0 Å². The van der Waals surface area contributed by atoms with Crippen LogP contribution in [-0.4, -0.2) is 49.8 Å². The van der Waals surface area contributed by atoms with E-state index in [2.05, 4.69) is 35.0 Å². The van der Waals surface area contributed by atoms with Gasteiger partial charge in [0.25, 0.3) is 5.91 Å².